The SMILES string of the molecule is COCCC(=O)N1C[C@@H]2CN(C(=O)C3CC(=O)C3)C[C@@H]2[C@H]1c1ccccc1C. The zero-order valence-corrected chi connectivity index (χ0v) is 16.6. The van der Waals surface area contributed by atoms with Crippen LogP contribution in [-0.2, 0) is 19.1 Å². The molecule has 3 aliphatic rings. The first-order chi connectivity index (χ1) is 13.5. The standard InChI is InChI=1S/C22H28N2O4/c1-14-5-3-4-6-18(14)21-19-13-23(22(27)15-9-17(25)10-15)11-16(19)12-24(21)20(26)7-8-28-2/h3-6,15-16,19,21H,7-13H2,1-2H3/t16-,19-,21+/m0/s1. The minimum Gasteiger partial charge on any atom is -0.384 e. The third-order valence-corrected chi connectivity index (χ3v) is 6.62. The van der Waals surface area contributed by atoms with Gasteiger partial charge in [0.05, 0.1) is 25.0 Å². The number of Topliss-reactive ketones (excluding diaryl/α,β-unsaturated/α-hetero) is 1. The Morgan fingerprint density at radius 3 is 2.57 bits per heavy atom. The number of ether oxygens (including phenoxy) is 1. The zero-order chi connectivity index (χ0) is 19.8. The number of amides is 2. The molecule has 0 spiro atoms. The highest BCUT2D eigenvalue weighted by atomic mass is 16.5. The average molecular weight is 384 g/mol. The Balaban J connectivity index is 1.55. The van der Waals surface area contributed by atoms with Gasteiger partial charge < -0.3 is 14.5 Å². The molecule has 2 amide bonds. The van der Waals surface area contributed by atoms with Crippen molar-refractivity contribution in [2.24, 2.45) is 17.8 Å². The summed E-state index contributed by atoms with van der Waals surface area (Å²) in [6.07, 6.45) is 1.17. The number of carbonyl (C=O) groups excluding carboxylic acids is 3. The highest BCUT2D eigenvalue weighted by molar-refractivity contribution is 5.96. The Hall–Kier alpha value is -2.21. The topological polar surface area (TPSA) is 66.9 Å². The Kier molecular flexibility index (Phi) is 5.23. The number of aryl methyl sites for hydroxylation is 1. The van der Waals surface area contributed by atoms with Gasteiger partial charge in [-0.15, -0.1) is 0 Å². The lowest BCUT2D eigenvalue weighted by atomic mass is 9.83. The van der Waals surface area contributed by atoms with Crippen molar-refractivity contribution in [2.45, 2.75) is 32.2 Å². The summed E-state index contributed by atoms with van der Waals surface area (Å²) in [7, 11) is 1.61. The van der Waals surface area contributed by atoms with Gasteiger partial charge in [0, 0.05) is 51.4 Å². The predicted octanol–water partition coefficient (Wildman–Crippen LogP) is 1.97. The number of fused-ring (bicyclic) bond motifs is 1. The molecule has 1 aromatic carbocycles. The fourth-order valence-corrected chi connectivity index (χ4v) is 5.05. The molecule has 2 heterocycles. The van der Waals surface area contributed by atoms with Crippen LogP contribution >= 0.6 is 0 Å². The molecule has 1 aromatic rings. The third kappa shape index (κ3) is 3.34. The molecule has 6 nitrogen and oxygen atoms in total. The van der Waals surface area contributed by atoms with E-state index in [2.05, 4.69) is 19.1 Å². The van der Waals surface area contributed by atoms with Crippen LogP contribution in [0.2, 0.25) is 0 Å². The number of methoxy groups -OCH3 is 1. The molecule has 0 unspecified atom stereocenters. The molecule has 2 saturated heterocycles. The minimum absolute atomic E-state index is 0.00335. The molecule has 1 saturated carbocycles. The van der Waals surface area contributed by atoms with Crippen LogP contribution in [0.3, 0.4) is 0 Å². The van der Waals surface area contributed by atoms with Crippen molar-refractivity contribution in [3.05, 3.63) is 35.4 Å². The zero-order valence-electron chi connectivity index (χ0n) is 16.6. The molecule has 0 N–H and O–H groups in total. The van der Waals surface area contributed by atoms with Gasteiger partial charge in [-0.3, -0.25) is 14.4 Å². The second-order valence-electron chi connectivity index (χ2n) is 8.40. The molecule has 3 fully saturated rings. The van der Waals surface area contributed by atoms with E-state index in [0.29, 0.717) is 45.5 Å². The van der Waals surface area contributed by atoms with E-state index in [1.54, 1.807) is 7.11 Å². The fraction of sp³-hybridized carbons (Fsp3) is 0.591. The van der Waals surface area contributed by atoms with E-state index in [1.807, 2.05) is 21.9 Å². The normalized spacial score (nSPS) is 27.1. The maximum absolute atomic E-state index is 12.9. The molecule has 4 rings (SSSR count). The lowest BCUT2D eigenvalue weighted by molar-refractivity contribution is -0.144. The van der Waals surface area contributed by atoms with Crippen LogP contribution in [0.1, 0.15) is 36.4 Å². The number of rotatable bonds is 5. The monoisotopic (exact) mass is 384 g/mol. The van der Waals surface area contributed by atoms with Crippen molar-refractivity contribution in [1.29, 1.82) is 0 Å². The van der Waals surface area contributed by atoms with E-state index < -0.39 is 0 Å². The number of hydrogen-bond acceptors (Lipinski definition) is 4. The van der Waals surface area contributed by atoms with Crippen molar-refractivity contribution in [2.75, 3.05) is 33.4 Å². The molecule has 6 heteroatoms. The number of ketones is 1. The summed E-state index contributed by atoms with van der Waals surface area (Å²) in [5, 5.41) is 0. The largest absolute Gasteiger partial charge is 0.384 e. The number of carbonyl (C=O) groups is 3. The lowest BCUT2D eigenvalue weighted by Gasteiger charge is -2.33. The second kappa shape index (κ2) is 7.66. The molecule has 28 heavy (non-hydrogen) atoms. The van der Waals surface area contributed by atoms with Gasteiger partial charge in [0.2, 0.25) is 11.8 Å². The average Bonchev–Trinajstić information content (AvgIpc) is 3.21. The van der Waals surface area contributed by atoms with Crippen molar-refractivity contribution in [1.82, 2.24) is 9.80 Å². The summed E-state index contributed by atoms with van der Waals surface area (Å²) in [6, 6.07) is 8.22. The van der Waals surface area contributed by atoms with Crippen LogP contribution in [0.15, 0.2) is 24.3 Å². The van der Waals surface area contributed by atoms with Gasteiger partial charge in [0.15, 0.2) is 0 Å². The van der Waals surface area contributed by atoms with Gasteiger partial charge in [-0.05, 0) is 18.1 Å². The number of likely N-dealkylation sites (tertiary alicyclic amines) is 2. The van der Waals surface area contributed by atoms with E-state index in [-0.39, 0.29) is 41.4 Å². The first-order valence-electron chi connectivity index (χ1n) is 10.1. The Bertz CT molecular complexity index is 784. The van der Waals surface area contributed by atoms with Crippen LogP contribution in [0, 0.1) is 24.7 Å². The lowest BCUT2D eigenvalue weighted by Crippen LogP contribution is -2.43. The number of nitrogens with zero attached hydrogens (tertiary/aromatic N) is 2. The van der Waals surface area contributed by atoms with Gasteiger partial charge in [-0.25, -0.2) is 0 Å². The van der Waals surface area contributed by atoms with Crippen LogP contribution in [0.4, 0.5) is 0 Å². The molecular formula is C22H28N2O4. The first kappa shape index (κ1) is 19.1. The van der Waals surface area contributed by atoms with Crippen LogP contribution in [-0.4, -0.2) is 60.7 Å². The minimum atomic E-state index is -0.123. The van der Waals surface area contributed by atoms with Crippen LogP contribution < -0.4 is 0 Å². The maximum Gasteiger partial charge on any atom is 0.226 e. The van der Waals surface area contributed by atoms with Gasteiger partial charge in [0.25, 0.3) is 0 Å². The second-order valence-corrected chi connectivity index (χ2v) is 8.40. The van der Waals surface area contributed by atoms with Crippen LogP contribution in [0.5, 0.6) is 0 Å². The van der Waals surface area contributed by atoms with Gasteiger partial charge in [-0.2, -0.15) is 0 Å². The number of benzene rings is 1. The maximum atomic E-state index is 12.9. The summed E-state index contributed by atoms with van der Waals surface area (Å²) in [4.78, 5) is 40.8. The molecule has 3 atom stereocenters. The number of hydrogen-bond donors (Lipinski definition) is 0. The fourth-order valence-electron chi connectivity index (χ4n) is 5.05. The molecule has 1 aliphatic carbocycles. The molecule has 2 aliphatic heterocycles. The van der Waals surface area contributed by atoms with Crippen molar-refractivity contribution in [3.63, 3.8) is 0 Å². The third-order valence-electron chi connectivity index (χ3n) is 6.62. The summed E-state index contributed by atoms with van der Waals surface area (Å²) in [5.74, 6) is 0.832. The van der Waals surface area contributed by atoms with Crippen molar-refractivity contribution >= 4 is 17.6 Å². The van der Waals surface area contributed by atoms with Crippen LogP contribution in [0.25, 0.3) is 0 Å². The van der Waals surface area contributed by atoms with E-state index in [1.165, 1.54) is 11.1 Å². The van der Waals surface area contributed by atoms with Gasteiger partial charge in [0.1, 0.15) is 5.78 Å². The Labute approximate surface area is 165 Å². The van der Waals surface area contributed by atoms with Gasteiger partial charge >= 0.3 is 0 Å². The molecule has 0 aromatic heterocycles. The highest BCUT2D eigenvalue weighted by Gasteiger charge is 2.51. The summed E-state index contributed by atoms with van der Waals surface area (Å²) in [6.45, 7) is 4.54. The molecule has 150 valence electrons. The summed E-state index contributed by atoms with van der Waals surface area (Å²) in [5.41, 5.74) is 2.35. The van der Waals surface area contributed by atoms with E-state index in [4.69, 9.17) is 4.74 Å². The van der Waals surface area contributed by atoms with Gasteiger partial charge in [-0.1, -0.05) is 24.3 Å². The quantitative estimate of drug-likeness (QED) is 0.778. The van der Waals surface area contributed by atoms with Crippen molar-refractivity contribution in [3.8, 4) is 0 Å². The smallest absolute Gasteiger partial charge is 0.226 e. The van der Waals surface area contributed by atoms with E-state index in [9.17, 15) is 14.4 Å². The highest BCUT2D eigenvalue weighted by Crippen LogP contribution is 2.46. The van der Waals surface area contributed by atoms with Crippen molar-refractivity contribution < 1.29 is 19.1 Å². The summed E-state index contributed by atoms with van der Waals surface area (Å²) < 4.78 is 5.11. The predicted molar refractivity (Wildman–Crippen MR) is 103 cm³/mol. The molecule has 0 bridgehead atoms. The first-order valence-corrected chi connectivity index (χ1v) is 10.1. The molecular weight excluding hydrogens is 356 g/mol. The Morgan fingerprint density at radius 1 is 1.14 bits per heavy atom. The Morgan fingerprint density at radius 2 is 1.89 bits per heavy atom. The van der Waals surface area contributed by atoms with E-state index >= 15 is 0 Å². The summed E-state index contributed by atoms with van der Waals surface area (Å²) >= 11 is 0. The molecule has 0 radical (unpaired) electrons. The van der Waals surface area contributed by atoms with E-state index in [0.717, 1.165) is 0 Å².